The molecule has 1 heterocycles. The Balaban J connectivity index is 1.83. The van der Waals surface area contributed by atoms with Gasteiger partial charge in [0.2, 0.25) is 5.91 Å². The van der Waals surface area contributed by atoms with Gasteiger partial charge in [0, 0.05) is 11.3 Å². The van der Waals surface area contributed by atoms with Crippen molar-refractivity contribution in [2.75, 3.05) is 27.1 Å². The molecule has 0 bridgehead atoms. The van der Waals surface area contributed by atoms with Gasteiger partial charge in [-0.15, -0.1) is 11.8 Å². The number of ether oxygens (including phenoxy) is 3. The van der Waals surface area contributed by atoms with Crippen LogP contribution in [0.4, 0.5) is 0 Å². The summed E-state index contributed by atoms with van der Waals surface area (Å²) in [5, 5.41) is 0. The molecular formula is C23H26N2O5S2. The number of hydrogen-bond acceptors (Lipinski definition) is 7. The van der Waals surface area contributed by atoms with Crippen molar-refractivity contribution in [3.63, 3.8) is 0 Å². The van der Waals surface area contributed by atoms with Crippen LogP contribution in [0, 0.1) is 6.92 Å². The summed E-state index contributed by atoms with van der Waals surface area (Å²) in [6, 6.07) is 11.9. The average molecular weight is 475 g/mol. The predicted molar refractivity (Wildman–Crippen MR) is 127 cm³/mol. The number of hydrogen-bond donors (Lipinski definition) is 0. The molecule has 0 radical (unpaired) electrons. The van der Waals surface area contributed by atoms with Gasteiger partial charge in [0.1, 0.15) is 28.3 Å². The molecule has 0 fully saturated rings. The average Bonchev–Trinajstić information content (AvgIpc) is 3.14. The summed E-state index contributed by atoms with van der Waals surface area (Å²) in [4.78, 5) is 30.5. The zero-order chi connectivity index (χ0) is 23.1. The highest BCUT2D eigenvalue weighted by atomic mass is 32.2. The van der Waals surface area contributed by atoms with Crippen LogP contribution in [-0.2, 0) is 20.9 Å². The van der Waals surface area contributed by atoms with E-state index in [-0.39, 0.29) is 12.5 Å². The van der Waals surface area contributed by atoms with Crippen LogP contribution in [-0.4, -0.2) is 43.5 Å². The molecule has 32 heavy (non-hydrogen) atoms. The van der Waals surface area contributed by atoms with Gasteiger partial charge in [0.15, 0.2) is 4.80 Å². The number of fused-ring (bicyclic) bond motifs is 1. The summed E-state index contributed by atoms with van der Waals surface area (Å²) in [7, 11) is 4.44. The van der Waals surface area contributed by atoms with Gasteiger partial charge in [0.25, 0.3) is 0 Å². The third-order valence-corrected chi connectivity index (χ3v) is 6.94. The fraction of sp³-hybridized carbons (Fsp3) is 0.348. The van der Waals surface area contributed by atoms with E-state index in [9.17, 15) is 9.59 Å². The number of aryl methyl sites for hydroxylation is 1. The number of carbonyl (C=O) groups is 2. The fourth-order valence-electron chi connectivity index (χ4n) is 3.09. The minimum Gasteiger partial charge on any atom is -0.495 e. The number of rotatable bonds is 9. The molecule has 1 amide bonds. The van der Waals surface area contributed by atoms with Crippen LogP contribution in [0.2, 0.25) is 0 Å². The lowest BCUT2D eigenvalue weighted by molar-refractivity contribution is -0.141. The summed E-state index contributed by atoms with van der Waals surface area (Å²) >= 11 is 3.00. The van der Waals surface area contributed by atoms with Crippen molar-refractivity contribution in [1.82, 2.24) is 4.57 Å². The first-order valence-corrected chi connectivity index (χ1v) is 11.8. The van der Waals surface area contributed by atoms with Gasteiger partial charge in [-0.05, 0) is 43.4 Å². The Bertz CT molecular complexity index is 1170. The molecule has 0 atom stereocenters. The van der Waals surface area contributed by atoms with Gasteiger partial charge >= 0.3 is 5.97 Å². The van der Waals surface area contributed by atoms with E-state index >= 15 is 0 Å². The number of thiazole rings is 1. The fourth-order valence-corrected chi connectivity index (χ4v) is 5.10. The van der Waals surface area contributed by atoms with Crippen molar-refractivity contribution in [3.8, 4) is 11.5 Å². The van der Waals surface area contributed by atoms with Crippen LogP contribution in [0.3, 0.4) is 0 Å². The summed E-state index contributed by atoms with van der Waals surface area (Å²) in [6.45, 7) is 1.97. The van der Waals surface area contributed by atoms with Gasteiger partial charge in [-0.2, -0.15) is 4.99 Å². The maximum Gasteiger partial charge on any atom is 0.325 e. The molecule has 2 aromatic carbocycles. The van der Waals surface area contributed by atoms with E-state index in [1.165, 1.54) is 28.9 Å². The molecule has 0 saturated carbocycles. The van der Waals surface area contributed by atoms with Crippen LogP contribution >= 0.6 is 23.1 Å². The third-order valence-electron chi connectivity index (χ3n) is 4.75. The zero-order valence-corrected chi connectivity index (χ0v) is 20.2. The van der Waals surface area contributed by atoms with Gasteiger partial charge in [-0.25, -0.2) is 0 Å². The summed E-state index contributed by atoms with van der Waals surface area (Å²) < 4.78 is 18.2. The van der Waals surface area contributed by atoms with Crippen molar-refractivity contribution in [2.45, 2.75) is 31.2 Å². The second-order valence-corrected chi connectivity index (χ2v) is 9.11. The van der Waals surface area contributed by atoms with Crippen molar-refractivity contribution >= 4 is 45.2 Å². The Labute approximate surface area is 195 Å². The van der Waals surface area contributed by atoms with Crippen LogP contribution in [0.25, 0.3) is 10.2 Å². The number of benzene rings is 2. The number of amides is 1. The number of nitrogens with zero attached hydrogens (tertiary/aromatic N) is 2. The van der Waals surface area contributed by atoms with E-state index in [1.54, 1.807) is 42.7 Å². The Hall–Kier alpha value is -2.78. The summed E-state index contributed by atoms with van der Waals surface area (Å²) in [5.41, 5.74) is 1.86. The lowest BCUT2D eigenvalue weighted by Gasteiger charge is -2.09. The van der Waals surface area contributed by atoms with E-state index in [0.29, 0.717) is 34.7 Å². The Morgan fingerprint density at radius 1 is 1.03 bits per heavy atom. The molecule has 170 valence electrons. The van der Waals surface area contributed by atoms with Crippen LogP contribution in [0.1, 0.15) is 18.4 Å². The topological polar surface area (TPSA) is 79.1 Å². The second-order valence-electron chi connectivity index (χ2n) is 6.97. The highest BCUT2D eigenvalue weighted by molar-refractivity contribution is 7.99. The molecule has 0 aliphatic carbocycles. The molecule has 0 N–H and O–H groups in total. The number of carbonyl (C=O) groups excluding carboxylic acids is 2. The van der Waals surface area contributed by atoms with E-state index in [4.69, 9.17) is 14.2 Å². The Morgan fingerprint density at radius 3 is 2.38 bits per heavy atom. The highest BCUT2D eigenvalue weighted by Crippen LogP contribution is 2.35. The first-order valence-electron chi connectivity index (χ1n) is 10.0. The van der Waals surface area contributed by atoms with E-state index < -0.39 is 5.97 Å². The molecule has 0 unspecified atom stereocenters. The molecule has 0 spiro atoms. The Kier molecular flexibility index (Phi) is 8.35. The number of esters is 1. The third kappa shape index (κ3) is 5.72. The van der Waals surface area contributed by atoms with E-state index in [2.05, 4.69) is 36.2 Å². The summed E-state index contributed by atoms with van der Waals surface area (Å²) in [6.07, 6.45) is 1.02. The van der Waals surface area contributed by atoms with Gasteiger partial charge in [0.05, 0.1) is 21.3 Å². The minimum atomic E-state index is -0.446. The van der Waals surface area contributed by atoms with Crippen LogP contribution in [0.5, 0.6) is 11.5 Å². The largest absolute Gasteiger partial charge is 0.495 e. The summed E-state index contributed by atoms with van der Waals surface area (Å²) in [5.74, 6) is 1.31. The van der Waals surface area contributed by atoms with Crippen LogP contribution < -0.4 is 14.3 Å². The second kappa shape index (κ2) is 11.2. The monoisotopic (exact) mass is 474 g/mol. The first kappa shape index (κ1) is 23.9. The van der Waals surface area contributed by atoms with Crippen molar-refractivity contribution in [1.29, 1.82) is 0 Å². The Morgan fingerprint density at radius 2 is 1.72 bits per heavy atom. The predicted octanol–water partition coefficient (Wildman–Crippen LogP) is 4.20. The molecule has 0 aliphatic heterocycles. The molecule has 3 aromatic rings. The zero-order valence-electron chi connectivity index (χ0n) is 18.5. The number of aromatic nitrogens is 1. The standard InChI is InChI=1S/C23H26N2O5S2/c1-15-7-9-16(10-8-15)31-13-5-6-19(26)24-23-25(14-20(27)30-4)21-17(28-2)11-12-18(29-3)22(21)32-23/h7-12H,5-6,13-14H2,1-4H3. The maximum atomic E-state index is 12.6. The molecule has 9 heteroatoms. The number of thioether (sulfide) groups is 1. The maximum absolute atomic E-state index is 12.6. The lowest BCUT2D eigenvalue weighted by Crippen LogP contribution is -2.22. The van der Waals surface area contributed by atoms with E-state index in [1.807, 2.05) is 0 Å². The van der Waals surface area contributed by atoms with Crippen molar-refractivity contribution < 1.29 is 23.8 Å². The van der Waals surface area contributed by atoms with Crippen LogP contribution in [0.15, 0.2) is 46.3 Å². The van der Waals surface area contributed by atoms with E-state index in [0.717, 1.165) is 10.5 Å². The molecule has 0 saturated heterocycles. The normalized spacial score (nSPS) is 11.6. The molecular weight excluding hydrogens is 448 g/mol. The minimum absolute atomic E-state index is 0.0879. The first-order chi connectivity index (χ1) is 15.5. The molecule has 3 rings (SSSR count). The lowest BCUT2D eigenvalue weighted by atomic mass is 10.2. The molecule has 0 aliphatic rings. The quantitative estimate of drug-likeness (QED) is 0.263. The molecule has 7 nitrogen and oxygen atoms in total. The van der Waals surface area contributed by atoms with Crippen molar-refractivity contribution in [3.05, 3.63) is 46.8 Å². The van der Waals surface area contributed by atoms with Gasteiger partial charge < -0.3 is 18.8 Å². The van der Waals surface area contributed by atoms with Gasteiger partial charge in [-0.3, -0.25) is 9.59 Å². The SMILES string of the molecule is COC(=O)Cn1c(=NC(=O)CCCSc2ccc(C)cc2)sc2c(OC)ccc(OC)c21. The van der Waals surface area contributed by atoms with Gasteiger partial charge in [-0.1, -0.05) is 29.0 Å². The number of methoxy groups -OCH3 is 3. The molecule has 1 aromatic heterocycles. The van der Waals surface area contributed by atoms with Crippen molar-refractivity contribution in [2.24, 2.45) is 4.99 Å². The highest BCUT2D eigenvalue weighted by Gasteiger charge is 2.18. The smallest absolute Gasteiger partial charge is 0.325 e.